The molecule has 11 heteroatoms. The minimum atomic E-state index is -0.832. The summed E-state index contributed by atoms with van der Waals surface area (Å²) >= 11 is 0. The molecule has 4 aromatic rings. The zero-order valence-electron chi connectivity index (χ0n) is 21.4. The number of aromatic nitrogens is 4. The first kappa shape index (κ1) is 24.4. The number of nitrogens with zero attached hydrogens (tertiary/aromatic N) is 5. The van der Waals surface area contributed by atoms with Crippen LogP contribution in [0.25, 0.3) is 33.6 Å². The SMILES string of the molecule is CCn1c(-c2nc3cc(C(=O)N4CCC[C@@H](OC(N)=O)C4)cc(OC)c3n2C)cc2ccc(OC)nc21. The summed E-state index contributed by atoms with van der Waals surface area (Å²) in [5, 5.41) is 0.977. The average molecular weight is 507 g/mol. The van der Waals surface area contributed by atoms with Crippen LogP contribution >= 0.6 is 0 Å². The summed E-state index contributed by atoms with van der Waals surface area (Å²) < 4.78 is 20.2. The van der Waals surface area contributed by atoms with Crippen LogP contribution in [0.15, 0.2) is 30.3 Å². The largest absolute Gasteiger partial charge is 0.494 e. The number of amides is 2. The lowest BCUT2D eigenvalue weighted by atomic mass is 10.1. The van der Waals surface area contributed by atoms with Crippen LogP contribution in [0.2, 0.25) is 0 Å². The first-order valence-corrected chi connectivity index (χ1v) is 12.2. The van der Waals surface area contributed by atoms with Crippen molar-refractivity contribution in [2.75, 3.05) is 27.3 Å². The van der Waals surface area contributed by atoms with Gasteiger partial charge < -0.3 is 34.0 Å². The van der Waals surface area contributed by atoms with Crippen molar-refractivity contribution in [3.05, 3.63) is 35.9 Å². The van der Waals surface area contributed by atoms with Gasteiger partial charge in [0, 0.05) is 37.2 Å². The number of piperidine rings is 1. The number of fused-ring (bicyclic) bond motifs is 2. The molecule has 1 atom stereocenters. The Morgan fingerprint density at radius 1 is 1.14 bits per heavy atom. The fourth-order valence-electron chi connectivity index (χ4n) is 5.11. The van der Waals surface area contributed by atoms with Crippen molar-refractivity contribution in [1.29, 1.82) is 0 Å². The Morgan fingerprint density at radius 3 is 2.65 bits per heavy atom. The van der Waals surface area contributed by atoms with E-state index in [1.165, 1.54) is 0 Å². The van der Waals surface area contributed by atoms with E-state index in [1.807, 2.05) is 23.7 Å². The first-order chi connectivity index (χ1) is 17.8. The van der Waals surface area contributed by atoms with Crippen molar-refractivity contribution in [3.63, 3.8) is 0 Å². The van der Waals surface area contributed by atoms with Gasteiger partial charge in [0.2, 0.25) is 5.88 Å². The lowest BCUT2D eigenvalue weighted by Crippen LogP contribution is -2.44. The highest BCUT2D eigenvalue weighted by atomic mass is 16.6. The third kappa shape index (κ3) is 4.30. The predicted octanol–water partition coefficient (Wildman–Crippen LogP) is 3.33. The molecule has 1 aliphatic rings. The summed E-state index contributed by atoms with van der Waals surface area (Å²) in [6.45, 7) is 3.60. The second-order valence-corrected chi connectivity index (χ2v) is 9.03. The summed E-state index contributed by atoms with van der Waals surface area (Å²) in [5.41, 5.74) is 8.76. The first-order valence-electron chi connectivity index (χ1n) is 12.2. The standard InChI is InChI=1S/C26H30N6O5/c1-5-32-19(12-15-8-9-21(36-4)29-23(15)32)24-28-18-11-16(13-20(35-3)22(18)30(24)2)25(33)31-10-6-7-17(14-31)37-26(27)34/h8-9,11-13,17H,5-7,10,14H2,1-4H3,(H2,27,34)/t17-/m1/s1. The number of primary amides is 1. The van der Waals surface area contributed by atoms with E-state index >= 15 is 0 Å². The topological polar surface area (TPSA) is 127 Å². The molecule has 1 aromatic carbocycles. The number of carbonyl (C=O) groups is 2. The van der Waals surface area contributed by atoms with Crippen molar-refractivity contribution >= 4 is 34.1 Å². The van der Waals surface area contributed by atoms with Crippen LogP contribution < -0.4 is 15.2 Å². The molecule has 3 aromatic heterocycles. The number of rotatable bonds is 6. The molecule has 37 heavy (non-hydrogen) atoms. The average Bonchev–Trinajstić information content (AvgIpc) is 3.43. The maximum Gasteiger partial charge on any atom is 0.404 e. The van der Waals surface area contributed by atoms with E-state index in [4.69, 9.17) is 24.9 Å². The van der Waals surface area contributed by atoms with E-state index < -0.39 is 12.2 Å². The Balaban J connectivity index is 1.57. The molecule has 0 aliphatic carbocycles. The molecule has 2 amide bonds. The minimum Gasteiger partial charge on any atom is -0.494 e. The summed E-state index contributed by atoms with van der Waals surface area (Å²) in [7, 11) is 5.10. The van der Waals surface area contributed by atoms with Gasteiger partial charge in [0.05, 0.1) is 32.0 Å². The fraction of sp³-hybridized carbons (Fsp3) is 0.385. The highest BCUT2D eigenvalue weighted by molar-refractivity contribution is 6.00. The molecule has 1 fully saturated rings. The van der Waals surface area contributed by atoms with Crippen LogP contribution in [0.4, 0.5) is 4.79 Å². The van der Waals surface area contributed by atoms with Gasteiger partial charge in [-0.15, -0.1) is 0 Å². The van der Waals surface area contributed by atoms with E-state index in [9.17, 15) is 9.59 Å². The quantitative estimate of drug-likeness (QED) is 0.425. The summed E-state index contributed by atoms with van der Waals surface area (Å²) in [6.07, 6.45) is 0.147. The van der Waals surface area contributed by atoms with Gasteiger partial charge in [-0.2, -0.15) is 4.98 Å². The van der Waals surface area contributed by atoms with Gasteiger partial charge in [0.1, 0.15) is 23.0 Å². The number of ether oxygens (including phenoxy) is 3. The van der Waals surface area contributed by atoms with Gasteiger partial charge in [-0.25, -0.2) is 9.78 Å². The normalized spacial score (nSPS) is 15.8. The Bertz CT molecular complexity index is 1510. The molecule has 5 rings (SSSR count). The number of imidazole rings is 1. The molecule has 0 unspecified atom stereocenters. The van der Waals surface area contributed by atoms with Crippen LogP contribution in [-0.2, 0) is 18.3 Å². The monoisotopic (exact) mass is 506 g/mol. The third-order valence-corrected chi connectivity index (χ3v) is 6.82. The number of nitrogens with two attached hydrogens (primary N) is 1. The fourth-order valence-corrected chi connectivity index (χ4v) is 5.11. The van der Waals surface area contributed by atoms with Crippen molar-refractivity contribution in [2.24, 2.45) is 12.8 Å². The molecular formula is C26H30N6O5. The van der Waals surface area contributed by atoms with Gasteiger partial charge in [-0.1, -0.05) is 0 Å². The maximum atomic E-state index is 13.4. The highest BCUT2D eigenvalue weighted by Crippen LogP contribution is 2.34. The number of benzene rings is 1. The number of methoxy groups -OCH3 is 2. The Labute approximate surface area is 213 Å². The van der Waals surface area contributed by atoms with Crippen LogP contribution in [0, 0.1) is 0 Å². The molecule has 0 saturated carbocycles. The van der Waals surface area contributed by atoms with Gasteiger partial charge in [-0.3, -0.25) is 4.79 Å². The third-order valence-electron chi connectivity index (χ3n) is 6.82. The molecule has 11 nitrogen and oxygen atoms in total. The van der Waals surface area contributed by atoms with Crippen LogP contribution in [0.5, 0.6) is 11.6 Å². The molecule has 1 aliphatic heterocycles. The Morgan fingerprint density at radius 2 is 1.95 bits per heavy atom. The highest BCUT2D eigenvalue weighted by Gasteiger charge is 2.28. The molecule has 0 radical (unpaired) electrons. The minimum absolute atomic E-state index is 0.177. The van der Waals surface area contributed by atoms with Crippen molar-refractivity contribution in [1.82, 2.24) is 24.0 Å². The van der Waals surface area contributed by atoms with E-state index in [0.29, 0.717) is 48.8 Å². The number of carbonyl (C=O) groups excluding carboxylic acids is 2. The van der Waals surface area contributed by atoms with E-state index in [2.05, 4.69) is 22.5 Å². The lowest BCUT2D eigenvalue weighted by Gasteiger charge is -2.32. The van der Waals surface area contributed by atoms with Gasteiger partial charge in [0.15, 0.2) is 5.82 Å². The number of hydrogen-bond acceptors (Lipinski definition) is 7. The number of pyridine rings is 1. The van der Waals surface area contributed by atoms with Gasteiger partial charge in [-0.05, 0) is 44.0 Å². The number of hydrogen-bond donors (Lipinski definition) is 1. The van der Waals surface area contributed by atoms with Crippen LogP contribution in [-0.4, -0.2) is 69.4 Å². The van der Waals surface area contributed by atoms with Gasteiger partial charge >= 0.3 is 6.09 Å². The van der Waals surface area contributed by atoms with E-state index in [1.54, 1.807) is 31.3 Å². The molecule has 194 valence electrons. The Hall–Kier alpha value is -4.28. The summed E-state index contributed by atoms with van der Waals surface area (Å²) in [6, 6.07) is 9.38. The maximum absolute atomic E-state index is 13.4. The zero-order valence-corrected chi connectivity index (χ0v) is 21.4. The van der Waals surface area contributed by atoms with E-state index in [-0.39, 0.29) is 5.91 Å². The molecule has 4 heterocycles. The zero-order chi connectivity index (χ0) is 26.3. The summed E-state index contributed by atoms with van der Waals surface area (Å²) in [4.78, 5) is 35.8. The summed E-state index contributed by atoms with van der Waals surface area (Å²) in [5.74, 6) is 1.64. The Kier molecular flexibility index (Phi) is 6.36. The van der Waals surface area contributed by atoms with Crippen LogP contribution in [0.3, 0.4) is 0 Å². The molecule has 0 bridgehead atoms. The van der Waals surface area contributed by atoms with Crippen molar-refractivity contribution < 1.29 is 23.8 Å². The second-order valence-electron chi connectivity index (χ2n) is 9.03. The second kappa shape index (κ2) is 9.64. The van der Waals surface area contributed by atoms with Gasteiger partial charge in [0.25, 0.3) is 5.91 Å². The number of likely N-dealkylation sites (tertiary alicyclic amines) is 1. The lowest BCUT2D eigenvalue weighted by molar-refractivity contribution is 0.0373. The van der Waals surface area contributed by atoms with Crippen molar-refractivity contribution in [3.8, 4) is 23.1 Å². The number of aryl methyl sites for hydroxylation is 2. The molecular weight excluding hydrogens is 476 g/mol. The molecule has 1 saturated heterocycles. The molecule has 0 spiro atoms. The predicted molar refractivity (Wildman–Crippen MR) is 138 cm³/mol. The van der Waals surface area contributed by atoms with Crippen LogP contribution in [0.1, 0.15) is 30.1 Å². The van der Waals surface area contributed by atoms with Crippen molar-refractivity contribution in [2.45, 2.75) is 32.4 Å². The molecule has 2 N–H and O–H groups in total. The smallest absolute Gasteiger partial charge is 0.404 e. The van der Waals surface area contributed by atoms with E-state index in [0.717, 1.165) is 34.5 Å².